The fourth-order valence-electron chi connectivity index (χ4n) is 1.36. The largest absolute Gasteiger partial charge is 0.481 e. The van der Waals surface area contributed by atoms with E-state index in [1.165, 1.54) is 12.1 Å². The SMILES string of the molecule is O=C(COc1c(Cl)cccc1Cl)Nc1n[nH]c(C(F)(F)F)n1. The third-order valence-corrected chi connectivity index (χ3v) is 2.87. The fraction of sp³-hybridized carbons (Fsp3) is 0.182. The molecule has 2 rings (SSSR count). The van der Waals surface area contributed by atoms with Crippen LogP contribution in [0, 0.1) is 0 Å². The van der Waals surface area contributed by atoms with Crippen molar-refractivity contribution in [2.24, 2.45) is 0 Å². The number of anilines is 1. The maximum Gasteiger partial charge on any atom is 0.451 e. The van der Waals surface area contributed by atoms with Gasteiger partial charge in [-0.2, -0.15) is 18.2 Å². The molecule has 22 heavy (non-hydrogen) atoms. The van der Waals surface area contributed by atoms with E-state index >= 15 is 0 Å². The molecule has 0 saturated carbocycles. The van der Waals surface area contributed by atoms with E-state index < -0.39 is 30.5 Å². The Hall–Kier alpha value is -2.00. The van der Waals surface area contributed by atoms with E-state index in [9.17, 15) is 18.0 Å². The minimum Gasteiger partial charge on any atom is -0.481 e. The van der Waals surface area contributed by atoms with Crippen LogP contribution in [0.25, 0.3) is 0 Å². The standard InChI is InChI=1S/C11H7Cl2F3N4O2/c12-5-2-1-3-6(13)8(5)22-4-7(21)17-10-18-9(19-20-10)11(14,15)16/h1-3H,4H2,(H2,17,18,19,20,21). The summed E-state index contributed by atoms with van der Waals surface area (Å²) in [6, 6.07) is 4.60. The average Bonchev–Trinajstić information content (AvgIpc) is 2.86. The van der Waals surface area contributed by atoms with E-state index in [1.54, 1.807) is 11.2 Å². The number of H-pyrrole nitrogens is 1. The van der Waals surface area contributed by atoms with Crippen molar-refractivity contribution in [1.82, 2.24) is 15.2 Å². The van der Waals surface area contributed by atoms with E-state index in [0.29, 0.717) is 0 Å². The van der Waals surface area contributed by atoms with E-state index in [2.05, 4.69) is 10.1 Å². The highest BCUT2D eigenvalue weighted by Gasteiger charge is 2.35. The number of rotatable bonds is 4. The average molecular weight is 355 g/mol. The third-order valence-electron chi connectivity index (χ3n) is 2.27. The molecule has 2 aromatic rings. The molecule has 0 bridgehead atoms. The molecule has 0 aliphatic carbocycles. The summed E-state index contributed by atoms with van der Waals surface area (Å²) >= 11 is 11.7. The van der Waals surface area contributed by atoms with E-state index in [0.717, 1.165) is 0 Å². The lowest BCUT2D eigenvalue weighted by molar-refractivity contribution is -0.144. The van der Waals surface area contributed by atoms with Crippen LogP contribution in [0.3, 0.4) is 0 Å². The minimum atomic E-state index is -4.68. The van der Waals surface area contributed by atoms with Crippen molar-refractivity contribution >= 4 is 35.1 Å². The quantitative estimate of drug-likeness (QED) is 0.883. The summed E-state index contributed by atoms with van der Waals surface area (Å²) in [6.07, 6.45) is -4.68. The number of hydrogen-bond acceptors (Lipinski definition) is 4. The van der Waals surface area contributed by atoms with Crippen molar-refractivity contribution in [3.05, 3.63) is 34.1 Å². The zero-order chi connectivity index (χ0) is 16.3. The van der Waals surface area contributed by atoms with Crippen molar-refractivity contribution in [2.45, 2.75) is 6.18 Å². The van der Waals surface area contributed by atoms with Crippen LogP contribution in [-0.4, -0.2) is 27.7 Å². The number of nitrogens with zero attached hydrogens (tertiary/aromatic N) is 2. The molecular weight excluding hydrogens is 348 g/mol. The number of halogens is 5. The van der Waals surface area contributed by atoms with Crippen molar-refractivity contribution in [1.29, 1.82) is 0 Å². The van der Waals surface area contributed by atoms with Gasteiger partial charge >= 0.3 is 6.18 Å². The van der Waals surface area contributed by atoms with Gasteiger partial charge in [0.1, 0.15) is 0 Å². The van der Waals surface area contributed by atoms with Gasteiger partial charge in [0, 0.05) is 0 Å². The number of aromatic nitrogens is 3. The van der Waals surface area contributed by atoms with Crippen LogP contribution in [0.15, 0.2) is 18.2 Å². The first kappa shape index (κ1) is 16.4. The molecule has 0 saturated heterocycles. The monoisotopic (exact) mass is 354 g/mol. The van der Waals surface area contributed by atoms with Crippen LogP contribution in [0.5, 0.6) is 5.75 Å². The number of benzene rings is 1. The molecule has 1 aromatic carbocycles. The molecule has 0 unspecified atom stereocenters. The highest BCUT2D eigenvalue weighted by molar-refractivity contribution is 6.37. The molecule has 1 amide bonds. The molecule has 0 spiro atoms. The second-order valence-corrected chi connectivity index (χ2v) is 4.71. The molecule has 0 radical (unpaired) electrons. The van der Waals surface area contributed by atoms with E-state index in [1.807, 2.05) is 5.32 Å². The van der Waals surface area contributed by atoms with Crippen molar-refractivity contribution in [2.75, 3.05) is 11.9 Å². The fourth-order valence-corrected chi connectivity index (χ4v) is 1.87. The maximum atomic E-state index is 12.3. The van der Waals surface area contributed by atoms with Gasteiger partial charge in [-0.05, 0) is 12.1 Å². The number of carbonyl (C=O) groups is 1. The number of carbonyl (C=O) groups excluding carboxylic acids is 1. The molecule has 6 nitrogen and oxygen atoms in total. The summed E-state index contributed by atoms with van der Waals surface area (Å²) < 4.78 is 42.0. The molecular formula is C11H7Cl2F3N4O2. The van der Waals surface area contributed by atoms with E-state index in [-0.39, 0.29) is 15.8 Å². The molecule has 1 aromatic heterocycles. The summed E-state index contributed by atoms with van der Waals surface area (Å²) in [4.78, 5) is 14.7. The second kappa shape index (κ2) is 6.41. The van der Waals surface area contributed by atoms with Crippen LogP contribution in [-0.2, 0) is 11.0 Å². The number of ether oxygens (including phenoxy) is 1. The van der Waals surface area contributed by atoms with Crippen LogP contribution < -0.4 is 10.1 Å². The zero-order valence-corrected chi connectivity index (χ0v) is 12.1. The van der Waals surface area contributed by atoms with Crippen molar-refractivity contribution < 1.29 is 22.7 Å². The Morgan fingerprint density at radius 3 is 2.50 bits per heavy atom. The van der Waals surface area contributed by atoms with Gasteiger partial charge in [-0.25, -0.2) is 0 Å². The summed E-state index contributed by atoms with van der Waals surface area (Å²) in [5.41, 5.74) is 0. The Bertz CT molecular complexity index is 670. The first-order chi connectivity index (χ1) is 10.3. The minimum absolute atomic E-state index is 0.0898. The molecule has 0 atom stereocenters. The van der Waals surface area contributed by atoms with Gasteiger partial charge in [-0.1, -0.05) is 29.3 Å². The lowest BCUT2D eigenvalue weighted by Gasteiger charge is -2.08. The van der Waals surface area contributed by atoms with Crippen LogP contribution in [0.2, 0.25) is 10.0 Å². The number of aromatic amines is 1. The summed E-state index contributed by atoms with van der Waals surface area (Å²) in [6.45, 7) is -0.528. The Kier molecular flexibility index (Phi) is 4.77. The Morgan fingerprint density at radius 1 is 1.32 bits per heavy atom. The van der Waals surface area contributed by atoms with Crippen LogP contribution in [0.1, 0.15) is 5.82 Å². The van der Waals surface area contributed by atoms with Gasteiger partial charge in [0.2, 0.25) is 11.8 Å². The molecule has 2 N–H and O–H groups in total. The van der Waals surface area contributed by atoms with Crippen LogP contribution in [0.4, 0.5) is 19.1 Å². The molecule has 11 heteroatoms. The molecule has 0 fully saturated rings. The zero-order valence-electron chi connectivity index (χ0n) is 10.5. The number of para-hydroxylation sites is 1. The summed E-state index contributed by atoms with van der Waals surface area (Å²) in [5, 5.41) is 7.30. The molecule has 1 heterocycles. The Labute approximate surface area is 131 Å². The van der Waals surface area contributed by atoms with E-state index in [4.69, 9.17) is 27.9 Å². The number of amides is 1. The Morgan fingerprint density at radius 2 is 1.95 bits per heavy atom. The first-order valence-corrected chi connectivity index (χ1v) is 6.39. The smallest absolute Gasteiger partial charge is 0.451 e. The topological polar surface area (TPSA) is 79.9 Å². The maximum absolute atomic E-state index is 12.3. The molecule has 0 aliphatic heterocycles. The molecule has 0 aliphatic rings. The van der Waals surface area contributed by atoms with Gasteiger partial charge in [0.15, 0.2) is 12.4 Å². The van der Waals surface area contributed by atoms with Gasteiger partial charge in [0.25, 0.3) is 5.91 Å². The summed E-state index contributed by atoms with van der Waals surface area (Å²) in [5.74, 6) is -2.53. The number of nitrogens with one attached hydrogen (secondary N) is 2. The van der Waals surface area contributed by atoms with Crippen LogP contribution >= 0.6 is 23.2 Å². The highest BCUT2D eigenvalue weighted by Crippen LogP contribution is 2.32. The van der Waals surface area contributed by atoms with Gasteiger partial charge in [-0.3, -0.25) is 15.2 Å². The third kappa shape index (κ3) is 4.01. The van der Waals surface area contributed by atoms with Crippen molar-refractivity contribution in [3.8, 4) is 5.75 Å². The number of alkyl halides is 3. The molecule has 118 valence electrons. The van der Waals surface area contributed by atoms with Gasteiger partial charge in [0.05, 0.1) is 10.0 Å². The second-order valence-electron chi connectivity index (χ2n) is 3.89. The van der Waals surface area contributed by atoms with Crippen molar-refractivity contribution in [3.63, 3.8) is 0 Å². The summed E-state index contributed by atoms with van der Waals surface area (Å²) in [7, 11) is 0. The van der Waals surface area contributed by atoms with Gasteiger partial charge in [-0.15, -0.1) is 5.10 Å². The lowest BCUT2D eigenvalue weighted by Crippen LogP contribution is -2.21. The lowest BCUT2D eigenvalue weighted by atomic mass is 10.3. The predicted molar refractivity (Wildman–Crippen MR) is 72.0 cm³/mol. The number of hydrogen-bond donors (Lipinski definition) is 2. The van der Waals surface area contributed by atoms with Gasteiger partial charge < -0.3 is 4.74 Å². The first-order valence-electron chi connectivity index (χ1n) is 5.63. The normalized spacial score (nSPS) is 11.3. The Balaban J connectivity index is 1.95. The highest BCUT2D eigenvalue weighted by atomic mass is 35.5. The predicted octanol–water partition coefficient (Wildman–Crippen LogP) is 3.15.